The number of aromatic nitrogens is 1. The summed E-state index contributed by atoms with van der Waals surface area (Å²) < 4.78 is 5.14. The van der Waals surface area contributed by atoms with Crippen molar-refractivity contribution in [3.8, 4) is 11.8 Å². The van der Waals surface area contributed by atoms with Gasteiger partial charge in [-0.25, -0.2) is 4.98 Å². The third kappa shape index (κ3) is 3.24. The van der Waals surface area contributed by atoms with Gasteiger partial charge in [0, 0.05) is 6.20 Å². The molecule has 1 heterocycles. The van der Waals surface area contributed by atoms with E-state index in [1.807, 2.05) is 6.07 Å². The highest BCUT2D eigenvalue weighted by Gasteiger charge is 2.16. The highest BCUT2D eigenvalue weighted by Crippen LogP contribution is 2.29. The maximum Gasteiger partial charge on any atom is 0.257 e. The Morgan fingerprint density at radius 3 is 2.86 bits per heavy atom. The molecular weight excluding hydrogens is 313 g/mol. The molecule has 5 nitrogen and oxygen atoms in total. The molecule has 0 saturated carbocycles. The van der Waals surface area contributed by atoms with Crippen LogP contribution in [0.2, 0.25) is 10.2 Å². The lowest BCUT2D eigenvalue weighted by Crippen LogP contribution is -2.14. The third-order valence-electron chi connectivity index (χ3n) is 2.67. The first-order chi connectivity index (χ1) is 10.1. The molecular formula is C14H9Cl2N3O2. The molecule has 0 fully saturated rings. The van der Waals surface area contributed by atoms with Crippen molar-refractivity contribution in [1.82, 2.24) is 4.98 Å². The van der Waals surface area contributed by atoms with Crippen LogP contribution >= 0.6 is 23.2 Å². The van der Waals surface area contributed by atoms with Gasteiger partial charge in [0.25, 0.3) is 5.91 Å². The number of carbonyl (C=O) groups is 1. The summed E-state index contributed by atoms with van der Waals surface area (Å²) in [6, 6.07) is 8.20. The maximum absolute atomic E-state index is 12.3. The number of amides is 1. The molecule has 0 aliphatic rings. The Kier molecular flexibility index (Phi) is 4.63. The predicted octanol–water partition coefficient (Wildman–Crippen LogP) is 3.52. The first kappa shape index (κ1) is 15.1. The van der Waals surface area contributed by atoms with Gasteiger partial charge < -0.3 is 10.1 Å². The molecule has 0 unspecified atom stereocenters. The standard InChI is InChI=1S/C14H9Cl2N3O2/c1-21-11-4-2-3-8(6-17)13(11)19-14(20)9-5-12(16)18-7-10(9)15/h2-5,7H,1H3,(H,19,20). The topological polar surface area (TPSA) is 75.0 Å². The van der Waals surface area contributed by atoms with Crippen LogP contribution in [0.1, 0.15) is 15.9 Å². The number of halogens is 2. The minimum Gasteiger partial charge on any atom is -0.495 e. The van der Waals surface area contributed by atoms with Crippen molar-refractivity contribution >= 4 is 34.8 Å². The number of pyridine rings is 1. The van der Waals surface area contributed by atoms with E-state index < -0.39 is 5.91 Å². The predicted molar refractivity (Wildman–Crippen MR) is 79.9 cm³/mol. The van der Waals surface area contributed by atoms with Gasteiger partial charge in [-0.1, -0.05) is 29.3 Å². The molecule has 0 aliphatic carbocycles. The van der Waals surface area contributed by atoms with Gasteiger partial charge in [0.1, 0.15) is 22.7 Å². The first-order valence-electron chi connectivity index (χ1n) is 5.76. The van der Waals surface area contributed by atoms with E-state index in [-0.39, 0.29) is 27.0 Å². The second-order valence-corrected chi connectivity index (χ2v) is 4.73. The molecule has 1 N–H and O–H groups in total. The van der Waals surface area contributed by atoms with Crippen molar-refractivity contribution in [1.29, 1.82) is 5.26 Å². The molecule has 2 rings (SSSR count). The van der Waals surface area contributed by atoms with Crippen LogP contribution in [-0.4, -0.2) is 18.0 Å². The van der Waals surface area contributed by atoms with Crippen LogP contribution in [0.3, 0.4) is 0 Å². The molecule has 0 spiro atoms. The number of anilines is 1. The largest absolute Gasteiger partial charge is 0.495 e. The van der Waals surface area contributed by atoms with Crippen molar-refractivity contribution in [2.75, 3.05) is 12.4 Å². The number of benzene rings is 1. The van der Waals surface area contributed by atoms with Crippen LogP contribution in [0.15, 0.2) is 30.5 Å². The van der Waals surface area contributed by atoms with Gasteiger partial charge in [0.05, 0.1) is 23.3 Å². The first-order valence-corrected chi connectivity index (χ1v) is 6.52. The Morgan fingerprint density at radius 2 is 2.19 bits per heavy atom. The highest BCUT2D eigenvalue weighted by molar-refractivity contribution is 6.35. The van der Waals surface area contributed by atoms with E-state index in [4.69, 9.17) is 33.2 Å². The molecule has 0 saturated heterocycles. The van der Waals surface area contributed by atoms with Crippen molar-refractivity contribution in [2.45, 2.75) is 0 Å². The monoisotopic (exact) mass is 321 g/mol. The number of para-hydroxylation sites is 1. The molecule has 0 atom stereocenters. The van der Waals surface area contributed by atoms with Crippen LogP contribution in [0, 0.1) is 11.3 Å². The van der Waals surface area contributed by atoms with Crippen molar-refractivity contribution in [3.63, 3.8) is 0 Å². The molecule has 0 bridgehead atoms. The summed E-state index contributed by atoms with van der Waals surface area (Å²) in [4.78, 5) is 16.0. The zero-order valence-electron chi connectivity index (χ0n) is 10.9. The number of hydrogen-bond acceptors (Lipinski definition) is 4. The Hall–Kier alpha value is -2.29. The summed E-state index contributed by atoms with van der Waals surface area (Å²) >= 11 is 11.7. The van der Waals surface area contributed by atoms with Crippen LogP contribution < -0.4 is 10.1 Å². The number of methoxy groups -OCH3 is 1. The number of hydrogen-bond donors (Lipinski definition) is 1. The molecule has 1 aromatic carbocycles. The van der Waals surface area contributed by atoms with Gasteiger partial charge in [0.15, 0.2) is 0 Å². The van der Waals surface area contributed by atoms with E-state index in [0.29, 0.717) is 5.75 Å². The Balaban J connectivity index is 2.41. The molecule has 106 valence electrons. The summed E-state index contributed by atoms with van der Waals surface area (Å²) in [5.41, 5.74) is 0.710. The second-order valence-electron chi connectivity index (χ2n) is 3.94. The summed E-state index contributed by atoms with van der Waals surface area (Å²) in [6.07, 6.45) is 1.28. The van der Waals surface area contributed by atoms with Crippen LogP contribution in [0.5, 0.6) is 5.75 Å². The van der Waals surface area contributed by atoms with Gasteiger partial charge in [-0.2, -0.15) is 5.26 Å². The lowest BCUT2D eigenvalue weighted by atomic mass is 10.1. The summed E-state index contributed by atoms with van der Waals surface area (Å²) in [5, 5.41) is 12.0. The van der Waals surface area contributed by atoms with E-state index in [9.17, 15) is 4.79 Å². The summed E-state index contributed by atoms with van der Waals surface area (Å²) in [5.74, 6) is -0.135. The zero-order chi connectivity index (χ0) is 15.4. The fourth-order valence-electron chi connectivity index (χ4n) is 1.69. The smallest absolute Gasteiger partial charge is 0.257 e. The SMILES string of the molecule is COc1cccc(C#N)c1NC(=O)c1cc(Cl)ncc1Cl. The van der Waals surface area contributed by atoms with Gasteiger partial charge in [-0.3, -0.25) is 4.79 Å². The number of rotatable bonds is 3. The molecule has 2 aromatic rings. The fraction of sp³-hybridized carbons (Fsp3) is 0.0714. The lowest BCUT2D eigenvalue weighted by Gasteiger charge is -2.12. The Labute approximate surface area is 131 Å². The van der Waals surface area contributed by atoms with E-state index >= 15 is 0 Å². The molecule has 0 aliphatic heterocycles. The van der Waals surface area contributed by atoms with Crippen molar-refractivity contribution < 1.29 is 9.53 Å². The average molecular weight is 322 g/mol. The number of nitriles is 1. The Morgan fingerprint density at radius 1 is 1.43 bits per heavy atom. The van der Waals surface area contributed by atoms with E-state index in [0.717, 1.165) is 0 Å². The number of nitrogens with one attached hydrogen (secondary N) is 1. The van der Waals surface area contributed by atoms with E-state index in [1.165, 1.54) is 19.4 Å². The second kappa shape index (κ2) is 6.44. The van der Waals surface area contributed by atoms with Crippen LogP contribution in [-0.2, 0) is 0 Å². The fourth-order valence-corrected chi connectivity index (χ4v) is 2.04. The Bertz CT molecular complexity index is 741. The molecule has 0 radical (unpaired) electrons. The number of carbonyl (C=O) groups excluding carboxylic acids is 1. The zero-order valence-corrected chi connectivity index (χ0v) is 12.4. The van der Waals surface area contributed by atoms with E-state index in [2.05, 4.69) is 10.3 Å². The quantitative estimate of drug-likeness (QED) is 0.877. The summed E-state index contributed by atoms with van der Waals surface area (Å²) in [6.45, 7) is 0. The van der Waals surface area contributed by atoms with Gasteiger partial charge in [-0.05, 0) is 18.2 Å². The minimum absolute atomic E-state index is 0.144. The third-order valence-corrected chi connectivity index (χ3v) is 3.18. The number of nitrogens with zero attached hydrogens (tertiary/aromatic N) is 2. The lowest BCUT2D eigenvalue weighted by molar-refractivity contribution is 0.102. The van der Waals surface area contributed by atoms with Gasteiger partial charge in [0.2, 0.25) is 0 Å². The summed E-state index contributed by atoms with van der Waals surface area (Å²) in [7, 11) is 1.45. The molecule has 7 heteroatoms. The van der Waals surface area contributed by atoms with Gasteiger partial charge in [-0.15, -0.1) is 0 Å². The van der Waals surface area contributed by atoms with E-state index in [1.54, 1.807) is 18.2 Å². The molecule has 21 heavy (non-hydrogen) atoms. The van der Waals surface area contributed by atoms with Gasteiger partial charge >= 0.3 is 0 Å². The normalized spacial score (nSPS) is 9.81. The van der Waals surface area contributed by atoms with Crippen molar-refractivity contribution in [2.24, 2.45) is 0 Å². The molecule has 1 amide bonds. The molecule has 1 aromatic heterocycles. The number of ether oxygens (including phenoxy) is 1. The van der Waals surface area contributed by atoms with Crippen LogP contribution in [0.4, 0.5) is 5.69 Å². The van der Waals surface area contributed by atoms with Crippen molar-refractivity contribution in [3.05, 3.63) is 51.8 Å². The minimum atomic E-state index is -0.509. The maximum atomic E-state index is 12.3. The highest BCUT2D eigenvalue weighted by atomic mass is 35.5. The van der Waals surface area contributed by atoms with Crippen LogP contribution in [0.25, 0.3) is 0 Å². The average Bonchev–Trinajstić information content (AvgIpc) is 2.49.